The van der Waals surface area contributed by atoms with Crippen molar-refractivity contribution < 1.29 is 5.11 Å². The van der Waals surface area contributed by atoms with Gasteiger partial charge in [-0.05, 0) is 24.3 Å². The van der Waals surface area contributed by atoms with Gasteiger partial charge in [-0.1, -0.05) is 6.08 Å². The van der Waals surface area contributed by atoms with Crippen LogP contribution in [0.1, 0.15) is 5.69 Å². The number of phenolic OH excluding ortho intramolecular Hbond substituents is 1. The Bertz CT molecular complexity index is 568. The number of fused-ring (bicyclic) bond motifs is 3. The summed E-state index contributed by atoms with van der Waals surface area (Å²) < 4.78 is 2.17. The molecule has 2 heterocycles. The van der Waals surface area contributed by atoms with Gasteiger partial charge < -0.3 is 9.67 Å². The Hall–Kier alpha value is -1.35. The summed E-state index contributed by atoms with van der Waals surface area (Å²) in [6.45, 7) is 0. The molecule has 1 N–H and O–H groups in total. The van der Waals surface area contributed by atoms with Crippen LogP contribution in [-0.4, -0.2) is 15.4 Å². The molecule has 3 rings (SSSR count). The van der Waals surface area contributed by atoms with Crippen LogP contribution in [0.5, 0.6) is 5.75 Å². The summed E-state index contributed by atoms with van der Waals surface area (Å²) in [6, 6.07) is 5.56. The number of hydrogen-bond donors (Lipinski definition) is 1. The van der Waals surface area contributed by atoms with E-state index in [-0.39, 0.29) is 0 Å². The molecule has 1 aliphatic rings. The Kier molecular flexibility index (Phi) is 1.83. The maximum atomic E-state index is 9.50. The van der Waals surface area contributed by atoms with Gasteiger partial charge in [0.1, 0.15) is 5.75 Å². The molecule has 1 aromatic heterocycles. The van der Waals surface area contributed by atoms with Crippen LogP contribution in [0.15, 0.2) is 29.2 Å². The molecule has 1 aliphatic heterocycles. The zero-order chi connectivity index (χ0) is 10.4. The Labute approximate surface area is 92.2 Å². The number of rotatable bonds is 0. The molecule has 3 heteroatoms. The molecule has 0 aliphatic carbocycles. The fourth-order valence-electron chi connectivity index (χ4n) is 2.05. The highest BCUT2D eigenvalue weighted by atomic mass is 32.2. The molecule has 15 heavy (non-hydrogen) atoms. The second-order valence-electron chi connectivity index (χ2n) is 3.69. The van der Waals surface area contributed by atoms with Crippen LogP contribution in [0.2, 0.25) is 0 Å². The molecule has 1 aromatic carbocycles. The summed E-state index contributed by atoms with van der Waals surface area (Å²) in [4.78, 5) is 1.28. The molecule has 0 atom stereocenters. The lowest BCUT2D eigenvalue weighted by Crippen LogP contribution is -1.93. The lowest BCUT2D eigenvalue weighted by molar-refractivity contribution is 0.476. The third-order valence-electron chi connectivity index (χ3n) is 2.78. The van der Waals surface area contributed by atoms with Crippen molar-refractivity contribution in [1.82, 2.24) is 4.57 Å². The van der Waals surface area contributed by atoms with E-state index in [0.717, 1.165) is 11.1 Å². The summed E-state index contributed by atoms with van der Waals surface area (Å²) in [6.07, 6.45) is 4.33. The van der Waals surface area contributed by atoms with Gasteiger partial charge in [0.2, 0.25) is 0 Å². The van der Waals surface area contributed by atoms with Gasteiger partial charge in [-0.2, -0.15) is 0 Å². The number of hydrogen-bond acceptors (Lipinski definition) is 2. The van der Waals surface area contributed by atoms with E-state index >= 15 is 0 Å². The van der Waals surface area contributed by atoms with Crippen molar-refractivity contribution in [2.45, 2.75) is 4.90 Å². The zero-order valence-corrected chi connectivity index (χ0v) is 9.21. The maximum absolute atomic E-state index is 9.50. The van der Waals surface area contributed by atoms with Crippen molar-refractivity contribution >= 4 is 28.7 Å². The summed E-state index contributed by atoms with van der Waals surface area (Å²) in [5, 5.41) is 10.7. The quantitative estimate of drug-likeness (QED) is 0.733. The number of thioether (sulfide) groups is 1. The molecule has 0 radical (unpaired) electrons. The number of benzene rings is 1. The van der Waals surface area contributed by atoms with Crippen LogP contribution < -0.4 is 0 Å². The SMILES string of the molecule is Cn1c2c(c3cc(O)ccc31)SCC=C2. The van der Waals surface area contributed by atoms with E-state index in [1.165, 1.54) is 16.1 Å². The summed E-state index contributed by atoms with van der Waals surface area (Å²) in [7, 11) is 2.06. The number of aryl methyl sites for hydroxylation is 1. The fraction of sp³-hybridized carbons (Fsp3) is 0.167. The first-order valence-electron chi connectivity index (χ1n) is 4.88. The van der Waals surface area contributed by atoms with Gasteiger partial charge >= 0.3 is 0 Å². The van der Waals surface area contributed by atoms with Gasteiger partial charge in [-0.15, -0.1) is 11.8 Å². The molecule has 0 spiro atoms. The summed E-state index contributed by atoms with van der Waals surface area (Å²) in [5.74, 6) is 1.35. The van der Waals surface area contributed by atoms with Gasteiger partial charge in [0.15, 0.2) is 0 Å². The number of aromatic nitrogens is 1. The van der Waals surface area contributed by atoms with Gasteiger partial charge in [0.05, 0.1) is 5.69 Å². The first kappa shape index (κ1) is 8.92. The molecule has 0 amide bonds. The van der Waals surface area contributed by atoms with Crippen LogP contribution >= 0.6 is 11.8 Å². The van der Waals surface area contributed by atoms with E-state index in [2.05, 4.69) is 23.8 Å². The molecule has 0 saturated carbocycles. The Balaban J connectivity index is 2.45. The van der Waals surface area contributed by atoms with Crippen molar-refractivity contribution in [3.8, 4) is 5.75 Å². The largest absolute Gasteiger partial charge is 0.508 e. The molecular formula is C12H11NOS. The average molecular weight is 217 g/mol. The van der Waals surface area contributed by atoms with E-state index in [9.17, 15) is 5.11 Å². The topological polar surface area (TPSA) is 25.2 Å². The first-order chi connectivity index (χ1) is 7.27. The van der Waals surface area contributed by atoms with Gasteiger partial charge in [-0.25, -0.2) is 0 Å². The molecular weight excluding hydrogens is 206 g/mol. The Morgan fingerprint density at radius 3 is 3.13 bits per heavy atom. The van der Waals surface area contributed by atoms with Crippen molar-refractivity contribution in [2.75, 3.05) is 5.75 Å². The van der Waals surface area contributed by atoms with Crippen LogP contribution in [0.4, 0.5) is 0 Å². The Morgan fingerprint density at radius 1 is 1.40 bits per heavy atom. The van der Waals surface area contributed by atoms with E-state index in [1.807, 2.05) is 23.9 Å². The average Bonchev–Trinajstić information content (AvgIpc) is 2.54. The van der Waals surface area contributed by atoms with Gasteiger partial charge in [0, 0.05) is 28.6 Å². The number of aromatic hydroxyl groups is 1. The smallest absolute Gasteiger partial charge is 0.116 e. The van der Waals surface area contributed by atoms with Crippen LogP contribution in [0.3, 0.4) is 0 Å². The highest BCUT2D eigenvalue weighted by Crippen LogP contribution is 2.38. The van der Waals surface area contributed by atoms with E-state index in [1.54, 1.807) is 6.07 Å². The van der Waals surface area contributed by atoms with Crippen LogP contribution in [-0.2, 0) is 7.05 Å². The molecule has 0 saturated heterocycles. The molecule has 0 bridgehead atoms. The minimum Gasteiger partial charge on any atom is -0.508 e. The van der Waals surface area contributed by atoms with Crippen molar-refractivity contribution in [3.63, 3.8) is 0 Å². The normalized spacial score (nSPS) is 14.5. The van der Waals surface area contributed by atoms with Crippen molar-refractivity contribution in [2.24, 2.45) is 7.05 Å². The monoisotopic (exact) mass is 217 g/mol. The highest BCUT2D eigenvalue weighted by molar-refractivity contribution is 7.99. The van der Waals surface area contributed by atoms with E-state index in [4.69, 9.17) is 0 Å². The van der Waals surface area contributed by atoms with Gasteiger partial charge in [-0.3, -0.25) is 0 Å². The Morgan fingerprint density at radius 2 is 2.27 bits per heavy atom. The predicted octanol–water partition coefficient (Wildman–Crippen LogP) is 3.00. The standard InChI is InChI=1S/C12H11NOS/c1-13-10-5-4-8(14)7-9(10)12-11(13)3-2-6-15-12/h2-5,7,14H,6H2,1H3. The highest BCUT2D eigenvalue weighted by Gasteiger charge is 2.15. The molecule has 0 fully saturated rings. The van der Waals surface area contributed by atoms with Crippen LogP contribution in [0.25, 0.3) is 17.0 Å². The lowest BCUT2D eigenvalue weighted by atomic mass is 10.2. The minimum atomic E-state index is 0.339. The zero-order valence-electron chi connectivity index (χ0n) is 8.40. The second kappa shape index (κ2) is 3.07. The van der Waals surface area contributed by atoms with Crippen LogP contribution in [0, 0.1) is 0 Å². The molecule has 0 unspecified atom stereocenters. The minimum absolute atomic E-state index is 0.339. The van der Waals surface area contributed by atoms with Crippen molar-refractivity contribution in [3.05, 3.63) is 30.0 Å². The summed E-state index contributed by atoms with van der Waals surface area (Å²) >= 11 is 1.83. The number of phenols is 1. The van der Waals surface area contributed by atoms with Gasteiger partial charge in [0.25, 0.3) is 0 Å². The third kappa shape index (κ3) is 1.20. The molecule has 2 aromatic rings. The second-order valence-corrected chi connectivity index (χ2v) is 4.72. The number of nitrogens with zero attached hydrogens (tertiary/aromatic N) is 1. The van der Waals surface area contributed by atoms with E-state index < -0.39 is 0 Å². The first-order valence-corrected chi connectivity index (χ1v) is 5.86. The van der Waals surface area contributed by atoms with Crippen molar-refractivity contribution in [1.29, 1.82) is 0 Å². The fourth-order valence-corrected chi connectivity index (χ4v) is 3.08. The summed E-state index contributed by atoms with van der Waals surface area (Å²) in [5.41, 5.74) is 2.42. The van der Waals surface area contributed by atoms with E-state index in [0.29, 0.717) is 5.75 Å². The predicted molar refractivity (Wildman–Crippen MR) is 64.3 cm³/mol. The molecule has 2 nitrogen and oxygen atoms in total. The molecule has 76 valence electrons. The lowest BCUT2D eigenvalue weighted by Gasteiger charge is -2.06. The third-order valence-corrected chi connectivity index (χ3v) is 3.86. The maximum Gasteiger partial charge on any atom is 0.116 e.